The molecule has 0 amide bonds. The number of nitrogens with one attached hydrogen (secondary N) is 5. The molecule has 0 saturated carbocycles. The molecule has 9 rings (SSSR count). The van der Waals surface area contributed by atoms with Crippen molar-refractivity contribution in [2.45, 2.75) is 37.8 Å². The molecule has 9 heterocycles. The number of piperazine rings is 1. The topological polar surface area (TPSA) is 260 Å². The molecule has 2 unspecified atom stereocenters. The maximum Gasteiger partial charge on any atom is 0.346 e. The monoisotopic (exact) mass is 858 g/mol. The van der Waals surface area contributed by atoms with Crippen LogP contribution in [0.1, 0.15) is 25.7 Å². The molecule has 5 N–H and O–H groups in total. The van der Waals surface area contributed by atoms with Crippen LogP contribution in [0.4, 0.5) is 17.6 Å². The quantitative estimate of drug-likeness (QED) is 0.116. The predicted molar refractivity (Wildman–Crippen MR) is 226 cm³/mol. The van der Waals surface area contributed by atoms with Crippen molar-refractivity contribution in [1.29, 1.82) is 0 Å². The van der Waals surface area contributed by atoms with E-state index < -0.39 is 25.7 Å². The molecule has 0 spiro atoms. The molecule has 3 fully saturated rings. The Hall–Kier alpha value is -5.62. The summed E-state index contributed by atoms with van der Waals surface area (Å²) in [5.41, 5.74) is 4.48. The molecule has 6 aromatic heterocycles. The van der Waals surface area contributed by atoms with Crippen molar-refractivity contribution in [3.8, 4) is 22.5 Å². The Kier molecular flexibility index (Phi) is 10.9. The Labute approximate surface area is 345 Å². The second kappa shape index (κ2) is 16.4. The summed E-state index contributed by atoms with van der Waals surface area (Å²) in [7, 11) is -6.95. The molecule has 23 heteroatoms. The highest BCUT2D eigenvalue weighted by Crippen LogP contribution is 2.30. The molecule has 0 radical (unpaired) electrons. The van der Waals surface area contributed by atoms with Crippen LogP contribution in [0.15, 0.2) is 54.1 Å². The predicted octanol–water partition coefficient (Wildman–Crippen LogP) is 1.30. The zero-order chi connectivity index (χ0) is 41.4. The van der Waals surface area contributed by atoms with Gasteiger partial charge in [-0.1, -0.05) is 0 Å². The molecule has 3 aliphatic heterocycles. The average molecular weight is 859 g/mol. The maximum absolute atomic E-state index is 13.7. The van der Waals surface area contributed by atoms with Crippen LogP contribution in [0.5, 0.6) is 0 Å². The fourth-order valence-electron chi connectivity index (χ4n) is 8.06. The van der Waals surface area contributed by atoms with Gasteiger partial charge in [0, 0.05) is 95.8 Å². The first-order valence-electron chi connectivity index (χ1n) is 20.0. The fourth-order valence-corrected chi connectivity index (χ4v) is 10.5. The number of nitrogens with zero attached hydrogens (tertiary/aromatic N) is 11. The van der Waals surface area contributed by atoms with Crippen molar-refractivity contribution < 1.29 is 16.8 Å². The van der Waals surface area contributed by atoms with Crippen molar-refractivity contribution in [3.05, 3.63) is 59.8 Å². The van der Waals surface area contributed by atoms with Gasteiger partial charge in [0.25, 0.3) is 0 Å². The lowest BCUT2D eigenvalue weighted by Crippen LogP contribution is -2.50. The summed E-state index contributed by atoms with van der Waals surface area (Å²) in [5, 5.41) is 6.88. The number of hydrogen-bond donors (Lipinski definition) is 5. The number of aromatic nitrogens is 10. The van der Waals surface area contributed by atoms with Gasteiger partial charge in [0.15, 0.2) is 11.3 Å². The molecular weight excluding hydrogens is 813 g/mol. The van der Waals surface area contributed by atoms with E-state index in [-0.39, 0.29) is 24.4 Å². The van der Waals surface area contributed by atoms with Gasteiger partial charge in [-0.15, -0.1) is 0 Å². The second-order valence-corrected chi connectivity index (χ2v) is 19.5. The van der Waals surface area contributed by atoms with Gasteiger partial charge in [-0.25, -0.2) is 55.8 Å². The Bertz CT molecular complexity index is 2790. The van der Waals surface area contributed by atoms with Gasteiger partial charge >= 0.3 is 5.69 Å². The minimum atomic E-state index is -3.60. The summed E-state index contributed by atoms with van der Waals surface area (Å²) in [6.07, 6.45) is 14.1. The standard InChI is InChI=1S/C37H46N16O5S2/c1-59(55,56)52-10-2-4-24(22-52)44-32-26(30-20-40-34-28(46-30)6-8-38-34)18-42-36(48-32)51-14-12-50(13-15-51)16-17-60(57,58)53-11-3-5-25(23-53)45-33-27(19-43-37(54)49-33)31-21-41-35-29(47-31)7-9-39-35/h6-9,18-21,24-25H,2-5,10-17,22-23H2,1H3,(H,38,40)(H,39,41)(H,42,44,48)(H2,43,45,49,54). The first kappa shape index (κ1) is 39.8. The average Bonchev–Trinajstić information content (AvgIpc) is 3.93. The lowest BCUT2D eigenvalue weighted by Gasteiger charge is -2.36. The summed E-state index contributed by atoms with van der Waals surface area (Å²) in [4.78, 5) is 57.3. The molecule has 21 nitrogen and oxygen atoms in total. The third kappa shape index (κ3) is 8.66. The maximum atomic E-state index is 13.7. The van der Waals surface area contributed by atoms with E-state index in [0.29, 0.717) is 121 Å². The third-order valence-corrected chi connectivity index (χ3v) is 14.4. The van der Waals surface area contributed by atoms with Gasteiger partial charge in [0.05, 0.1) is 46.9 Å². The zero-order valence-electron chi connectivity index (χ0n) is 33.0. The number of sulfonamides is 2. The zero-order valence-corrected chi connectivity index (χ0v) is 34.6. The number of aromatic amines is 3. The molecule has 60 heavy (non-hydrogen) atoms. The highest BCUT2D eigenvalue weighted by atomic mass is 32.2. The van der Waals surface area contributed by atoms with E-state index >= 15 is 0 Å². The van der Waals surface area contributed by atoms with Crippen LogP contribution in [0.3, 0.4) is 0 Å². The van der Waals surface area contributed by atoms with Crippen molar-refractivity contribution in [1.82, 2.24) is 63.4 Å². The lowest BCUT2D eigenvalue weighted by atomic mass is 10.1. The number of hydrogen-bond acceptors (Lipinski definition) is 16. The Balaban J connectivity index is 0.834. The lowest BCUT2D eigenvalue weighted by molar-refractivity contribution is 0.266. The largest absolute Gasteiger partial charge is 0.367 e. The first-order chi connectivity index (χ1) is 28.9. The molecule has 2 atom stereocenters. The summed E-state index contributed by atoms with van der Waals surface area (Å²) in [6, 6.07) is 3.24. The summed E-state index contributed by atoms with van der Waals surface area (Å²) in [5.74, 6) is 1.46. The van der Waals surface area contributed by atoms with Gasteiger partial charge in [0.2, 0.25) is 26.0 Å². The van der Waals surface area contributed by atoms with E-state index in [0.717, 1.165) is 19.3 Å². The van der Waals surface area contributed by atoms with Crippen LogP contribution < -0.4 is 21.2 Å². The number of H-pyrrole nitrogens is 3. The molecule has 6 aromatic rings. The van der Waals surface area contributed by atoms with E-state index in [1.807, 2.05) is 12.1 Å². The van der Waals surface area contributed by atoms with Crippen LogP contribution in [-0.4, -0.2) is 163 Å². The summed E-state index contributed by atoms with van der Waals surface area (Å²) >= 11 is 0. The molecule has 0 aliphatic carbocycles. The normalized spacial score (nSPS) is 20.2. The van der Waals surface area contributed by atoms with Gasteiger partial charge in [-0.05, 0) is 37.8 Å². The van der Waals surface area contributed by atoms with Gasteiger partial charge in [0.1, 0.15) is 22.7 Å². The molecule has 0 bridgehead atoms. The van der Waals surface area contributed by atoms with E-state index in [1.165, 1.54) is 16.8 Å². The highest BCUT2D eigenvalue weighted by Gasteiger charge is 2.32. The van der Waals surface area contributed by atoms with E-state index in [1.54, 1.807) is 35.3 Å². The molecular formula is C37H46N16O5S2. The van der Waals surface area contributed by atoms with Crippen molar-refractivity contribution >= 4 is 60.0 Å². The molecule has 0 aromatic carbocycles. The SMILES string of the molecule is CS(=O)(=O)N1CCCC(Nc2nc(N3CCN(CCS(=O)(=O)N4CCCC(Nc5[nH]c(=O)ncc5-c5cnc6[nH]ccc6n5)C4)CC3)ncc2-c2cnc3[nH]ccc3n2)C1. The number of piperidine rings is 2. The Morgan fingerprint density at radius 2 is 1.33 bits per heavy atom. The van der Waals surface area contributed by atoms with Crippen LogP contribution in [-0.2, 0) is 20.0 Å². The first-order valence-corrected chi connectivity index (χ1v) is 23.4. The van der Waals surface area contributed by atoms with Gasteiger partial charge < -0.3 is 25.5 Å². The van der Waals surface area contributed by atoms with E-state index in [9.17, 15) is 21.6 Å². The Morgan fingerprint density at radius 3 is 2.02 bits per heavy atom. The molecule has 3 saturated heterocycles. The van der Waals surface area contributed by atoms with Crippen LogP contribution in [0, 0.1) is 0 Å². The van der Waals surface area contributed by atoms with Crippen LogP contribution in [0.25, 0.3) is 44.8 Å². The van der Waals surface area contributed by atoms with Gasteiger partial charge in [-0.2, -0.15) is 9.29 Å². The minimum Gasteiger partial charge on any atom is -0.367 e. The second-order valence-electron chi connectivity index (χ2n) is 15.4. The molecule has 316 valence electrons. The van der Waals surface area contributed by atoms with E-state index in [4.69, 9.17) is 15.0 Å². The van der Waals surface area contributed by atoms with E-state index in [2.05, 4.69) is 55.3 Å². The molecule has 3 aliphatic rings. The van der Waals surface area contributed by atoms with Crippen molar-refractivity contribution in [3.63, 3.8) is 0 Å². The summed E-state index contributed by atoms with van der Waals surface area (Å²) < 4.78 is 55.3. The Morgan fingerprint density at radius 1 is 0.717 bits per heavy atom. The summed E-state index contributed by atoms with van der Waals surface area (Å²) in [6.45, 7) is 4.26. The van der Waals surface area contributed by atoms with Crippen LogP contribution in [0.2, 0.25) is 0 Å². The minimum absolute atomic E-state index is 0.0268. The van der Waals surface area contributed by atoms with Gasteiger partial charge in [-0.3, -0.25) is 9.88 Å². The smallest absolute Gasteiger partial charge is 0.346 e. The highest BCUT2D eigenvalue weighted by molar-refractivity contribution is 7.89. The third-order valence-electron chi connectivity index (χ3n) is 11.3. The van der Waals surface area contributed by atoms with Crippen molar-refractivity contribution in [2.24, 2.45) is 0 Å². The van der Waals surface area contributed by atoms with Crippen molar-refractivity contribution in [2.75, 3.05) is 86.4 Å². The number of anilines is 3. The number of fused-ring (bicyclic) bond motifs is 2. The number of rotatable bonds is 12. The fraction of sp³-hybridized carbons (Fsp3) is 0.459. The van der Waals surface area contributed by atoms with Crippen LogP contribution >= 0.6 is 0 Å².